The van der Waals surface area contributed by atoms with Crippen LogP contribution < -0.4 is 10.6 Å². The number of hydrogen-bond donors (Lipinski definition) is 2. The van der Waals surface area contributed by atoms with Crippen LogP contribution in [0, 0.1) is 0 Å². The zero-order valence-corrected chi connectivity index (χ0v) is 20.3. The van der Waals surface area contributed by atoms with Gasteiger partial charge in [0.25, 0.3) is 0 Å². The molecule has 1 aromatic rings. The normalized spacial score (nSPS) is 16.9. The largest absolute Gasteiger partial charge is 0.381 e. The zero-order chi connectivity index (χ0) is 18.3. The van der Waals surface area contributed by atoms with Crippen LogP contribution in [-0.2, 0) is 18.3 Å². The van der Waals surface area contributed by atoms with Crippen molar-refractivity contribution in [2.75, 3.05) is 32.1 Å². The molecular weight excluding hydrogens is 506 g/mol. The minimum Gasteiger partial charge on any atom is -0.381 e. The van der Waals surface area contributed by atoms with Gasteiger partial charge in [-0.25, -0.2) is 4.99 Å². The average Bonchev–Trinajstić information content (AvgIpc) is 2.85. The Kier molecular flexibility index (Phi) is 11.1. The van der Waals surface area contributed by atoms with Crippen molar-refractivity contribution in [3.8, 4) is 0 Å². The quantitative estimate of drug-likeness (QED) is 0.311. The Morgan fingerprint density at radius 3 is 2.54 bits per heavy atom. The number of nitrogens with zero attached hydrogens (tertiary/aromatic N) is 2. The molecule has 5 nitrogen and oxygen atoms in total. The van der Waals surface area contributed by atoms with E-state index in [2.05, 4.69) is 24.5 Å². The van der Waals surface area contributed by atoms with E-state index in [-0.39, 0.29) is 28.7 Å². The number of guanidine groups is 1. The number of ether oxygens (including phenoxy) is 1. The second-order valence-corrected chi connectivity index (χ2v) is 8.61. The fourth-order valence-electron chi connectivity index (χ4n) is 2.91. The minimum absolute atomic E-state index is 0. The molecule has 2 rings (SSSR count). The molecule has 0 radical (unpaired) electrons. The molecule has 0 aliphatic carbocycles. The number of rotatable bonds is 7. The van der Waals surface area contributed by atoms with Crippen LogP contribution in [0.5, 0.6) is 0 Å². The maximum atomic E-state index is 6.13. The highest BCUT2D eigenvalue weighted by molar-refractivity contribution is 14.0. The van der Waals surface area contributed by atoms with Gasteiger partial charge in [-0.2, -0.15) is 11.8 Å². The summed E-state index contributed by atoms with van der Waals surface area (Å²) in [4.78, 5) is 4.69. The zero-order valence-electron chi connectivity index (χ0n) is 15.6. The van der Waals surface area contributed by atoms with Gasteiger partial charge in [0.2, 0.25) is 0 Å². The third-order valence-corrected chi connectivity index (χ3v) is 6.69. The summed E-state index contributed by atoms with van der Waals surface area (Å²) in [7, 11) is 1.90. The predicted octanol–water partition coefficient (Wildman–Crippen LogP) is 4.31. The van der Waals surface area contributed by atoms with Crippen molar-refractivity contribution in [2.45, 2.75) is 38.0 Å². The average molecular weight is 535 g/mol. The van der Waals surface area contributed by atoms with Crippen LogP contribution in [0.3, 0.4) is 0 Å². The van der Waals surface area contributed by atoms with E-state index < -0.39 is 0 Å². The van der Waals surface area contributed by atoms with Gasteiger partial charge < -0.3 is 19.9 Å². The molecule has 0 amide bonds. The summed E-state index contributed by atoms with van der Waals surface area (Å²) >= 11 is 14.2. The van der Waals surface area contributed by atoms with Crippen LogP contribution in [0.1, 0.15) is 32.4 Å². The van der Waals surface area contributed by atoms with Gasteiger partial charge in [0.1, 0.15) is 5.15 Å². The van der Waals surface area contributed by atoms with Crippen LogP contribution in [0.25, 0.3) is 0 Å². The van der Waals surface area contributed by atoms with Crippen molar-refractivity contribution in [3.05, 3.63) is 21.9 Å². The van der Waals surface area contributed by atoms with Gasteiger partial charge in [-0.3, -0.25) is 0 Å². The monoisotopic (exact) mass is 534 g/mol. The van der Waals surface area contributed by atoms with Crippen LogP contribution >= 0.6 is 58.9 Å². The summed E-state index contributed by atoms with van der Waals surface area (Å²) in [5.74, 6) is 1.92. The molecule has 0 aromatic carbocycles. The Hall–Kier alpha value is 0.170. The van der Waals surface area contributed by atoms with Gasteiger partial charge in [-0.15, -0.1) is 24.0 Å². The van der Waals surface area contributed by atoms with Gasteiger partial charge in [0.05, 0.1) is 11.6 Å². The Labute approximate surface area is 188 Å². The Morgan fingerprint density at radius 2 is 2.00 bits per heavy atom. The van der Waals surface area contributed by atoms with E-state index in [1.165, 1.54) is 0 Å². The molecule has 9 heteroatoms. The van der Waals surface area contributed by atoms with Gasteiger partial charge in [0.15, 0.2) is 5.96 Å². The maximum Gasteiger partial charge on any atom is 0.191 e. The number of hydrogen-bond acceptors (Lipinski definition) is 3. The van der Waals surface area contributed by atoms with Crippen molar-refractivity contribution < 1.29 is 4.74 Å². The van der Waals surface area contributed by atoms with Gasteiger partial charge in [-0.1, -0.05) is 30.1 Å². The third kappa shape index (κ3) is 6.65. The summed E-state index contributed by atoms with van der Waals surface area (Å²) in [6.45, 7) is 8.18. The molecule has 2 N–H and O–H groups in total. The first-order valence-corrected chi connectivity index (χ1v) is 10.5. The highest BCUT2D eigenvalue weighted by Gasteiger charge is 2.32. The smallest absolute Gasteiger partial charge is 0.191 e. The number of aliphatic imine (C=N–C) groups is 1. The molecule has 1 fully saturated rings. The van der Waals surface area contributed by atoms with E-state index >= 15 is 0 Å². The fraction of sp³-hybridized carbons (Fsp3) is 0.706. The highest BCUT2D eigenvalue weighted by Crippen LogP contribution is 2.34. The van der Waals surface area contributed by atoms with E-state index in [9.17, 15) is 0 Å². The second-order valence-electron chi connectivity index (χ2n) is 6.11. The van der Waals surface area contributed by atoms with Gasteiger partial charge in [-0.05, 0) is 31.6 Å². The lowest BCUT2D eigenvalue weighted by Crippen LogP contribution is -2.48. The molecule has 26 heavy (non-hydrogen) atoms. The van der Waals surface area contributed by atoms with Crippen molar-refractivity contribution in [3.63, 3.8) is 0 Å². The van der Waals surface area contributed by atoms with E-state index in [0.29, 0.717) is 16.7 Å². The Balaban J connectivity index is 0.00000338. The lowest BCUT2D eigenvalue weighted by Gasteiger charge is -2.37. The fourth-order valence-corrected chi connectivity index (χ4v) is 4.57. The van der Waals surface area contributed by atoms with E-state index in [4.69, 9.17) is 32.9 Å². The molecule has 1 aliphatic heterocycles. The Bertz CT molecular complexity index is 586. The summed E-state index contributed by atoms with van der Waals surface area (Å²) in [6.07, 6.45) is 2.14. The molecule has 150 valence electrons. The SMILES string of the molecule is CCNC(=NCc1cc(Cl)c(Cl)n1C)NCC1(SCC)CCOCC1.I. The predicted molar refractivity (Wildman–Crippen MR) is 125 cm³/mol. The Morgan fingerprint density at radius 1 is 1.31 bits per heavy atom. The first-order valence-electron chi connectivity index (χ1n) is 8.75. The third-order valence-electron chi connectivity index (χ3n) is 4.39. The van der Waals surface area contributed by atoms with Gasteiger partial charge >= 0.3 is 0 Å². The number of nitrogens with one attached hydrogen (secondary N) is 2. The number of thioether (sulfide) groups is 1. The van der Waals surface area contributed by atoms with Gasteiger partial charge in [0, 0.05) is 43.8 Å². The summed E-state index contributed by atoms with van der Waals surface area (Å²) < 4.78 is 7.63. The molecule has 0 unspecified atom stereocenters. The van der Waals surface area contributed by atoms with Crippen LogP contribution in [0.4, 0.5) is 0 Å². The molecular formula is C17H29Cl2IN4OS. The lowest BCUT2D eigenvalue weighted by atomic mass is 9.99. The molecule has 2 heterocycles. The number of aromatic nitrogens is 1. The molecule has 0 atom stereocenters. The van der Waals surface area contributed by atoms with E-state index in [1.807, 2.05) is 29.4 Å². The second kappa shape index (κ2) is 11.9. The van der Waals surface area contributed by atoms with Crippen molar-refractivity contribution >= 4 is 64.9 Å². The summed E-state index contributed by atoms with van der Waals surface area (Å²) in [5.41, 5.74) is 0.982. The lowest BCUT2D eigenvalue weighted by molar-refractivity contribution is 0.0782. The highest BCUT2D eigenvalue weighted by atomic mass is 127. The van der Waals surface area contributed by atoms with Crippen LogP contribution in [0.2, 0.25) is 10.2 Å². The van der Waals surface area contributed by atoms with Crippen LogP contribution in [0.15, 0.2) is 11.1 Å². The van der Waals surface area contributed by atoms with Crippen molar-refractivity contribution in [1.29, 1.82) is 0 Å². The van der Waals surface area contributed by atoms with E-state index in [0.717, 1.165) is 56.6 Å². The van der Waals surface area contributed by atoms with Crippen LogP contribution in [-0.4, -0.2) is 47.3 Å². The molecule has 0 bridgehead atoms. The topological polar surface area (TPSA) is 50.6 Å². The first kappa shape index (κ1) is 24.2. The molecule has 0 spiro atoms. The molecule has 1 saturated heterocycles. The molecule has 1 aromatic heterocycles. The van der Waals surface area contributed by atoms with Crippen molar-refractivity contribution in [2.24, 2.45) is 12.0 Å². The number of halogens is 3. The molecule has 0 saturated carbocycles. The van der Waals surface area contributed by atoms with Crippen molar-refractivity contribution in [1.82, 2.24) is 15.2 Å². The minimum atomic E-state index is 0. The van der Waals surface area contributed by atoms with E-state index in [1.54, 1.807) is 0 Å². The first-order chi connectivity index (χ1) is 12.0. The maximum absolute atomic E-state index is 6.13. The summed E-state index contributed by atoms with van der Waals surface area (Å²) in [5, 5.41) is 7.94. The molecule has 1 aliphatic rings. The standard InChI is InChI=1S/C17H28Cl2N4OS.HI/c1-4-20-16(21-11-13-10-14(18)15(19)23(13)3)22-12-17(25-5-2)6-8-24-9-7-17;/h10H,4-9,11-12H2,1-3H3,(H2,20,21,22);1H. The summed E-state index contributed by atoms with van der Waals surface area (Å²) in [6, 6.07) is 1.86.